The van der Waals surface area contributed by atoms with E-state index in [-0.39, 0.29) is 12.3 Å². The molecule has 0 heterocycles. The molecule has 5 nitrogen and oxygen atoms in total. The molecule has 1 rings (SSSR count). The number of aryl methyl sites for hydroxylation is 1. The second-order valence-corrected chi connectivity index (χ2v) is 3.87. The Morgan fingerprint density at radius 1 is 1.35 bits per heavy atom. The van der Waals surface area contributed by atoms with E-state index >= 15 is 0 Å². The minimum absolute atomic E-state index is 0.265. The molecule has 1 atom stereocenters. The first-order valence-electron chi connectivity index (χ1n) is 5.35. The molecule has 0 aliphatic heterocycles. The van der Waals surface area contributed by atoms with Crippen molar-refractivity contribution in [3.63, 3.8) is 0 Å². The molecular formula is C12H16N2O3. The third-order valence-corrected chi connectivity index (χ3v) is 2.37. The standard InChI is InChI=1S/C12H16N2O3/c1-8(12(16)17)14-11(15)7-4-9-2-5-10(13)6-3-9/h2-3,5-6,8H,4,7,13H2,1H3,(H,14,15)(H,16,17)/t8-/m1/s1. The molecule has 17 heavy (non-hydrogen) atoms. The molecule has 0 aliphatic carbocycles. The highest BCUT2D eigenvalue weighted by atomic mass is 16.4. The van der Waals surface area contributed by atoms with Crippen LogP contribution in [-0.4, -0.2) is 23.0 Å². The molecule has 1 aromatic rings. The quantitative estimate of drug-likeness (QED) is 0.659. The van der Waals surface area contributed by atoms with Crippen molar-refractivity contribution in [3.8, 4) is 0 Å². The van der Waals surface area contributed by atoms with Crippen LogP contribution in [-0.2, 0) is 16.0 Å². The Labute approximate surface area is 99.6 Å². The van der Waals surface area contributed by atoms with Gasteiger partial charge >= 0.3 is 5.97 Å². The molecule has 0 saturated carbocycles. The van der Waals surface area contributed by atoms with Gasteiger partial charge in [-0.25, -0.2) is 0 Å². The predicted molar refractivity (Wildman–Crippen MR) is 64.4 cm³/mol. The van der Waals surface area contributed by atoms with Gasteiger partial charge in [-0.2, -0.15) is 0 Å². The Balaban J connectivity index is 2.38. The summed E-state index contributed by atoms with van der Waals surface area (Å²) in [5.74, 6) is -1.30. The lowest BCUT2D eigenvalue weighted by Crippen LogP contribution is -2.38. The number of rotatable bonds is 5. The van der Waals surface area contributed by atoms with E-state index in [1.165, 1.54) is 6.92 Å². The molecule has 1 aromatic carbocycles. The average molecular weight is 236 g/mol. The van der Waals surface area contributed by atoms with Crippen LogP contribution in [0.5, 0.6) is 0 Å². The SMILES string of the molecule is C[C@@H](NC(=O)CCc1ccc(N)cc1)C(=O)O. The van der Waals surface area contributed by atoms with Gasteiger partial charge in [-0.05, 0) is 31.0 Å². The molecule has 5 heteroatoms. The first-order chi connectivity index (χ1) is 7.99. The first-order valence-corrected chi connectivity index (χ1v) is 5.35. The minimum Gasteiger partial charge on any atom is -0.480 e. The zero-order chi connectivity index (χ0) is 12.8. The second-order valence-electron chi connectivity index (χ2n) is 3.87. The molecule has 0 fully saturated rings. The summed E-state index contributed by atoms with van der Waals surface area (Å²) in [6.07, 6.45) is 0.833. The van der Waals surface area contributed by atoms with E-state index in [2.05, 4.69) is 5.32 Å². The van der Waals surface area contributed by atoms with Crippen LogP contribution in [0.25, 0.3) is 0 Å². The molecule has 0 aromatic heterocycles. The van der Waals surface area contributed by atoms with E-state index < -0.39 is 12.0 Å². The van der Waals surface area contributed by atoms with E-state index in [9.17, 15) is 9.59 Å². The third-order valence-electron chi connectivity index (χ3n) is 2.37. The fourth-order valence-electron chi connectivity index (χ4n) is 1.32. The van der Waals surface area contributed by atoms with Crippen molar-refractivity contribution in [1.82, 2.24) is 5.32 Å². The maximum atomic E-state index is 11.4. The molecule has 0 bridgehead atoms. The van der Waals surface area contributed by atoms with Gasteiger partial charge in [-0.1, -0.05) is 12.1 Å². The van der Waals surface area contributed by atoms with Crippen LogP contribution in [0.3, 0.4) is 0 Å². The van der Waals surface area contributed by atoms with E-state index in [4.69, 9.17) is 10.8 Å². The summed E-state index contributed by atoms with van der Waals surface area (Å²) >= 11 is 0. The normalized spacial score (nSPS) is 11.8. The van der Waals surface area contributed by atoms with E-state index in [1.54, 1.807) is 12.1 Å². The van der Waals surface area contributed by atoms with E-state index in [1.807, 2.05) is 12.1 Å². The largest absolute Gasteiger partial charge is 0.480 e. The number of hydrogen-bond donors (Lipinski definition) is 3. The molecular weight excluding hydrogens is 220 g/mol. The van der Waals surface area contributed by atoms with Gasteiger partial charge < -0.3 is 16.2 Å². The van der Waals surface area contributed by atoms with Crippen LogP contribution in [0, 0.1) is 0 Å². The van der Waals surface area contributed by atoms with Crippen molar-refractivity contribution in [3.05, 3.63) is 29.8 Å². The molecule has 0 saturated heterocycles. The summed E-state index contributed by atoms with van der Waals surface area (Å²) in [7, 11) is 0. The number of carbonyl (C=O) groups is 2. The molecule has 4 N–H and O–H groups in total. The maximum absolute atomic E-state index is 11.4. The Bertz CT molecular complexity index is 401. The van der Waals surface area contributed by atoms with Crippen molar-refractivity contribution >= 4 is 17.6 Å². The Morgan fingerprint density at radius 2 is 1.94 bits per heavy atom. The van der Waals surface area contributed by atoms with Crippen LogP contribution < -0.4 is 11.1 Å². The molecule has 0 radical (unpaired) electrons. The monoisotopic (exact) mass is 236 g/mol. The summed E-state index contributed by atoms with van der Waals surface area (Å²) in [6, 6.07) is 6.39. The highest BCUT2D eigenvalue weighted by Crippen LogP contribution is 2.07. The number of carboxylic acid groups (broad SMARTS) is 1. The molecule has 0 unspecified atom stereocenters. The number of nitrogen functional groups attached to an aromatic ring is 1. The maximum Gasteiger partial charge on any atom is 0.325 e. The van der Waals surface area contributed by atoms with Gasteiger partial charge in [-0.15, -0.1) is 0 Å². The Kier molecular flexibility index (Phi) is 4.51. The summed E-state index contributed by atoms with van der Waals surface area (Å²) < 4.78 is 0. The van der Waals surface area contributed by atoms with Crippen LogP contribution in [0.4, 0.5) is 5.69 Å². The van der Waals surface area contributed by atoms with Crippen molar-refractivity contribution in [1.29, 1.82) is 0 Å². The molecule has 0 spiro atoms. The first kappa shape index (κ1) is 13.0. The summed E-state index contributed by atoms with van der Waals surface area (Å²) in [4.78, 5) is 21.9. The van der Waals surface area contributed by atoms with Gasteiger partial charge in [0.15, 0.2) is 0 Å². The van der Waals surface area contributed by atoms with Crippen LogP contribution >= 0.6 is 0 Å². The average Bonchev–Trinajstić information content (AvgIpc) is 2.28. The Morgan fingerprint density at radius 3 is 2.47 bits per heavy atom. The highest BCUT2D eigenvalue weighted by Gasteiger charge is 2.13. The number of amides is 1. The van der Waals surface area contributed by atoms with Gasteiger partial charge in [0.1, 0.15) is 6.04 Å². The lowest BCUT2D eigenvalue weighted by Gasteiger charge is -2.09. The number of benzene rings is 1. The van der Waals surface area contributed by atoms with Crippen LogP contribution in [0.15, 0.2) is 24.3 Å². The molecule has 1 amide bonds. The molecule has 0 aliphatic rings. The lowest BCUT2D eigenvalue weighted by atomic mass is 10.1. The smallest absolute Gasteiger partial charge is 0.325 e. The van der Waals surface area contributed by atoms with Crippen molar-refractivity contribution in [2.75, 3.05) is 5.73 Å². The van der Waals surface area contributed by atoms with Gasteiger partial charge in [0.25, 0.3) is 0 Å². The van der Waals surface area contributed by atoms with Gasteiger partial charge in [-0.3, -0.25) is 9.59 Å². The highest BCUT2D eigenvalue weighted by molar-refractivity contribution is 5.83. The fraction of sp³-hybridized carbons (Fsp3) is 0.333. The molecule has 92 valence electrons. The number of nitrogens with one attached hydrogen (secondary N) is 1. The fourth-order valence-corrected chi connectivity index (χ4v) is 1.32. The van der Waals surface area contributed by atoms with Gasteiger partial charge in [0, 0.05) is 12.1 Å². The number of carboxylic acids is 1. The van der Waals surface area contributed by atoms with Gasteiger partial charge in [0.05, 0.1) is 0 Å². The number of carbonyl (C=O) groups excluding carboxylic acids is 1. The number of hydrogen-bond acceptors (Lipinski definition) is 3. The third kappa shape index (κ3) is 4.55. The summed E-state index contributed by atoms with van der Waals surface area (Å²) in [6.45, 7) is 1.43. The summed E-state index contributed by atoms with van der Waals surface area (Å²) in [5, 5.41) is 11.0. The van der Waals surface area contributed by atoms with Crippen LogP contribution in [0.2, 0.25) is 0 Å². The van der Waals surface area contributed by atoms with Crippen molar-refractivity contribution in [2.24, 2.45) is 0 Å². The zero-order valence-corrected chi connectivity index (χ0v) is 9.64. The van der Waals surface area contributed by atoms with E-state index in [0.29, 0.717) is 12.1 Å². The topological polar surface area (TPSA) is 92.4 Å². The summed E-state index contributed by atoms with van der Waals surface area (Å²) in [5.41, 5.74) is 7.21. The Hall–Kier alpha value is -2.04. The number of nitrogens with two attached hydrogens (primary N) is 1. The van der Waals surface area contributed by atoms with E-state index in [0.717, 1.165) is 5.56 Å². The van der Waals surface area contributed by atoms with Crippen molar-refractivity contribution < 1.29 is 14.7 Å². The second kappa shape index (κ2) is 5.89. The van der Waals surface area contributed by atoms with Gasteiger partial charge in [0.2, 0.25) is 5.91 Å². The zero-order valence-electron chi connectivity index (χ0n) is 9.64. The number of aliphatic carboxylic acids is 1. The lowest BCUT2D eigenvalue weighted by molar-refractivity contribution is -0.141. The minimum atomic E-state index is -1.04. The predicted octanol–water partition coefficient (Wildman–Crippen LogP) is 0.791. The van der Waals surface area contributed by atoms with Crippen molar-refractivity contribution in [2.45, 2.75) is 25.8 Å². The van der Waals surface area contributed by atoms with Crippen LogP contribution in [0.1, 0.15) is 18.9 Å². The number of anilines is 1.